The number of hydrogen-bond donors (Lipinski definition) is 0. The molecule has 0 amide bonds. The zero-order valence-corrected chi connectivity index (χ0v) is 10.7. The topological polar surface area (TPSA) is 0 Å². The molecule has 0 unspecified atom stereocenters. The van der Waals surface area contributed by atoms with Gasteiger partial charge in [-0.3, -0.25) is 0 Å². The second-order valence-corrected chi connectivity index (χ2v) is 6.08. The summed E-state index contributed by atoms with van der Waals surface area (Å²) in [5, 5.41) is 6.33. The van der Waals surface area contributed by atoms with E-state index in [2.05, 4.69) is 54.1 Å². The fourth-order valence-electron chi connectivity index (χ4n) is 0.973. The van der Waals surface area contributed by atoms with Crippen molar-refractivity contribution in [1.29, 1.82) is 0 Å². The summed E-state index contributed by atoms with van der Waals surface area (Å²) in [5.74, 6) is 0. The largest absolute Gasteiger partial charge is 0.152 e. The van der Waals surface area contributed by atoms with E-state index in [1.165, 1.54) is 14.9 Å². The van der Waals surface area contributed by atoms with Gasteiger partial charge in [0.2, 0.25) is 0 Å². The first kappa shape index (κ1) is 8.94. The lowest BCUT2D eigenvalue weighted by Gasteiger charge is -1.94. The van der Waals surface area contributed by atoms with Crippen LogP contribution in [0.3, 0.4) is 0 Å². The highest BCUT2D eigenvalue weighted by Gasteiger charge is 2.09. The molecular formula is C8H4Br2S2. The first-order valence-electron chi connectivity index (χ1n) is 3.24. The van der Waals surface area contributed by atoms with Gasteiger partial charge in [-0.1, -0.05) is 0 Å². The quantitative estimate of drug-likeness (QED) is 0.692. The van der Waals surface area contributed by atoms with Gasteiger partial charge in [-0.05, 0) is 54.2 Å². The molecule has 2 heterocycles. The molecule has 0 bridgehead atoms. The Morgan fingerprint density at radius 3 is 2.50 bits per heavy atom. The van der Waals surface area contributed by atoms with Gasteiger partial charge in [-0.2, -0.15) is 11.3 Å². The van der Waals surface area contributed by atoms with Crippen LogP contribution in [0.25, 0.3) is 11.1 Å². The van der Waals surface area contributed by atoms with Gasteiger partial charge in [0.15, 0.2) is 0 Å². The minimum atomic E-state index is 1.16. The van der Waals surface area contributed by atoms with Crippen LogP contribution in [0.1, 0.15) is 0 Å². The van der Waals surface area contributed by atoms with E-state index in [-0.39, 0.29) is 0 Å². The zero-order chi connectivity index (χ0) is 8.55. The maximum atomic E-state index is 3.53. The third kappa shape index (κ3) is 1.53. The molecule has 0 aromatic carbocycles. The molecule has 0 spiro atoms. The van der Waals surface area contributed by atoms with Gasteiger partial charge < -0.3 is 0 Å². The second-order valence-electron chi connectivity index (χ2n) is 2.24. The van der Waals surface area contributed by atoms with E-state index in [0.29, 0.717) is 0 Å². The molecule has 0 aliphatic heterocycles. The summed E-state index contributed by atoms with van der Waals surface area (Å²) in [5.41, 5.74) is 2.54. The lowest BCUT2D eigenvalue weighted by Crippen LogP contribution is -1.68. The Morgan fingerprint density at radius 2 is 2.00 bits per heavy atom. The molecule has 0 N–H and O–H groups in total. The standard InChI is InChI=1S/C8H4Br2S2/c9-6-4-12-8(10)7(6)5-1-2-11-3-5/h1-4H. The van der Waals surface area contributed by atoms with Crippen LogP contribution in [0.4, 0.5) is 0 Å². The Hall–Kier alpha value is 0.360. The molecule has 0 saturated carbocycles. The molecule has 0 radical (unpaired) electrons. The van der Waals surface area contributed by atoms with Gasteiger partial charge >= 0.3 is 0 Å². The minimum Gasteiger partial charge on any atom is -0.152 e. The van der Waals surface area contributed by atoms with Crippen molar-refractivity contribution in [3.63, 3.8) is 0 Å². The van der Waals surface area contributed by atoms with Gasteiger partial charge in [-0.15, -0.1) is 11.3 Å². The monoisotopic (exact) mass is 322 g/mol. The number of hydrogen-bond acceptors (Lipinski definition) is 2. The molecule has 0 atom stereocenters. The van der Waals surface area contributed by atoms with Crippen molar-refractivity contribution < 1.29 is 0 Å². The van der Waals surface area contributed by atoms with E-state index in [1.54, 1.807) is 22.7 Å². The molecule has 12 heavy (non-hydrogen) atoms. The van der Waals surface area contributed by atoms with Crippen molar-refractivity contribution in [2.75, 3.05) is 0 Å². The summed E-state index contributed by atoms with van der Waals surface area (Å²) in [6, 6.07) is 2.13. The van der Waals surface area contributed by atoms with E-state index in [9.17, 15) is 0 Å². The van der Waals surface area contributed by atoms with E-state index < -0.39 is 0 Å². The normalized spacial score (nSPS) is 10.5. The Bertz CT molecular complexity index is 356. The lowest BCUT2D eigenvalue weighted by molar-refractivity contribution is 1.76. The second kappa shape index (κ2) is 3.62. The zero-order valence-electron chi connectivity index (χ0n) is 5.88. The molecule has 0 saturated heterocycles. The average molecular weight is 324 g/mol. The van der Waals surface area contributed by atoms with Crippen molar-refractivity contribution >= 4 is 54.5 Å². The van der Waals surface area contributed by atoms with Crippen LogP contribution >= 0.6 is 54.5 Å². The Kier molecular flexibility index (Phi) is 2.69. The number of rotatable bonds is 1. The maximum Gasteiger partial charge on any atom is 0.0788 e. The van der Waals surface area contributed by atoms with Crippen molar-refractivity contribution in [3.8, 4) is 11.1 Å². The molecule has 0 nitrogen and oxygen atoms in total. The first-order valence-corrected chi connectivity index (χ1v) is 6.65. The molecule has 0 aliphatic rings. The van der Waals surface area contributed by atoms with E-state index >= 15 is 0 Å². The molecule has 62 valence electrons. The third-order valence-electron chi connectivity index (χ3n) is 1.51. The predicted octanol–water partition coefficient (Wildman–Crippen LogP) is 5.00. The summed E-state index contributed by atoms with van der Waals surface area (Å²) < 4.78 is 2.35. The molecule has 2 aromatic rings. The van der Waals surface area contributed by atoms with E-state index in [1.807, 2.05) is 0 Å². The highest BCUT2D eigenvalue weighted by Crippen LogP contribution is 2.40. The van der Waals surface area contributed by atoms with Crippen molar-refractivity contribution in [3.05, 3.63) is 30.5 Å². The molecule has 0 fully saturated rings. The first-order chi connectivity index (χ1) is 5.79. The van der Waals surface area contributed by atoms with Gasteiger partial charge in [0.05, 0.1) is 3.79 Å². The fourth-order valence-corrected chi connectivity index (χ4v) is 4.12. The summed E-state index contributed by atoms with van der Waals surface area (Å²) in [4.78, 5) is 0. The van der Waals surface area contributed by atoms with Crippen molar-refractivity contribution in [2.45, 2.75) is 0 Å². The van der Waals surface area contributed by atoms with Crippen LogP contribution in [0, 0.1) is 0 Å². The predicted molar refractivity (Wildman–Crippen MR) is 63.0 cm³/mol. The lowest BCUT2D eigenvalue weighted by atomic mass is 10.2. The van der Waals surface area contributed by atoms with Gasteiger partial charge in [0.1, 0.15) is 0 Å². The van der Waals surface area contributed by atoms with E-state index in [0.717, 1.165) is 4.47 Å². The SMILES string of the molecule is Brc1csc(Br)c1-c1ccsc1. The maximum absolute atomic E-state index is 3.53. The highest BCUT2D eigenvalue weighted by atomic mass is 79.9. The fraction of sp³-hybridized carbons (Fsp3) is 0. The van der Waals surface area contributed by atoms with Crippen LogP contribution in [-0.4, -0.2) is 0 Å². The number of thiophene rings is 2. The molecular weight excluding hydrogens is 320 g/mol. The summed E-state index contributed by atoms with van der Waals surface area (Å²) >= 11 is 10.5. The molecule has 0 aliphatic carbocycles. The van der Waals surface area contributed by atoms with Gasteiger partial charge in [0, 0.05) is 15.4 Å². The van der Waals surface area contributed by atoms with Gasteiger partial charge in [-0.25, -0.2) is 0 Å². The van der Waals surface area contributed by atoms with Crippen molar-refractivity contribution in [2.24, 2.45) is 0 Å². The Morgan fingerprint density at radius 1 is 1.17 bits per heavy atom. The Balaban J connectivity index is 2.60. The Labute approximate surface area is 95.5 Å². The van der Waals surface area contributed by atoms with Crippen LogP contribution in [-0.2, 0) is 0 Å². The minimum absolute atomic E-state index is 1.16. The van der Waals surface area contributed by atoms with E-state index in [4.69, 9.17) is 0 Å². The summed E-state index contributed by atoms with van der Waals surface area (Å²) in [6.45, 7) is 0. The van der Waals surface area contributed by atoms with Crippen LogP contribution < -0.4 is 0 Å². The summed E-state index contributed by atoms with van der Waals surface area (Å²) in [6.07, 6.45) is 0. The van der Waals surface area contributed by atoms with Crippen molar-refractivity contribution in [1.82, 2.24) is 0 Å². The highest BCUT2D eigenvalue weighted by molar-refractivity contribution is 9.11. The summed E-state index contributed by atoms with van der Waals surface area (Å²) in [7, 11) is 0. The average Bonchev–Trinajstić information content (AvgIpc) is 2.61. The molecule has 2 aromatic heterocycles. The molecule has 4 heteroatoms. The van der Waals surface area contributed by atoms with Crippen LogP contribution in [0.5, 0.6) is 0 Å². The van der Waals surface area contributed by atoms with Gasteiger partial charge in [0.25, 0.3) is 0 Å². The smallest absolute Gasteiger partial charge is 0.0788 e. The third-order valence-corrected chi connectivity index (χ3v) is 4.84. The number of halogens is 2. The van der Waals surface area contributed by atoms with Crippen LogP contribution in [0.2, 0.25) is 0 Å². The van der Waals surface area contributed by atoms with Crippen LogP contribution in [0.15, 0.2) is 30.5 Å². The molecule has 2 rings (SSSR count).